The van der Waals surface area contributed by atoms with E-state index in [1.165, 1.54) is 13.8 Å². The molecule has 3 N–H and O–H groups in total. The van der Waals surface area contributed by atoms with Crippen molar-refractivity contribution in [1.82, 2.24) is 10.6 Å². The van der Waals surface area contributed by atoms with Gasteiger partial charge >= 0.3 is 5.97 Å². The van der Waals surface area contributed by atoms with E-state index in [9.17, 15) is 14.4 Å². The first-order valence-electron chi connectivity index (χ1n) is 5.11. The van der Waals surface area contributed by atoms with Gasteiger partial charge in [0.2, 0.25) is 11.8 Å². The number of carbonyl (C=O) groups excluding carboxylic acids is 2. The first kappa shape index (κ1) is 14.4. The smallest absolute Gasteiger partial charge is 0.307 e. The molecule has 2 unspecified atom stereocenters. The third-order valence-corrected chi connectivity index (χ3v) is 2.35. The van der Waals surface area contributed by atoms with E-state index in [-0.39, 0.29) is 11.8 Å². The van der Waals surface area contributed by atoms with Crippen molar-refractivity contribution in [3.05, 3.63) is 0 Å². The topological polar surface area (TPSA) is 95.5 Å². The Morgan fingerprint density at radius 1 is 1.06 bits per heavy atom. The molecule has 92 valence electrons. The molecule has 0 aromatic carbocycles. The minimum atomic E-state index is -0.996. The summed E-state index contributed by atoms with van der Waals surface area (Å²) in [7, 11) is 0. The number of carbonyl (C=O) groups is 3. The first-order valence-corrected chi connectivity index (χ1v) is 5.11. The van der Waals surface area contributed by atoms with Crippen LogP contribution in [0.25, 0.3) is 0 Å². The Hall–Kier alpha value is -1.59. The van der Waals surface area contributed by atoms with Crippen LogP contribution < -0.4 is 10.6 Å². The molecule has 0 aromatic heterocycles. The van der Waals surface area contributed by atoms with Gasteiger partial charge in [0.15, 0.2) is 0 Å². The molecule has 0 fully saturated rings. The van der Waals surface area contributed by atoms with E-state index in [0.29, 0.717) is 13.1 Å². The number of carboxylic acids is 1. The minimum absolute atomic E-state index is 0.166. The number of rotatable bonds is 6. The Labute approximate surface area is 94.4 Å². The molecule has 0 saturated carbocycles. The summed E-state index contributed by atoms with van der Waals surface area (Å²) in [5.41, 5.74) is 0. The lowest BCUT2D eigenvalue weighted by molar-refractivity contribution is -0.146. The molecule has 2 atom stereocenters. The summed E-state index contributed by atoms with van der Waals surface area (Å²) in [5.74, 6) is -2.79. The van der Waals surface area contributed by atoms with Gasteiger partial charge in [-0.2, -0.15) is 0 Å². The highest BCUT2D eigenvalue weighted by atomic mass is 16.4. The Bertz CT molecular complexity index is 278. The second kappa shape index (κ2) is 6.81. The van der Waals surface area contributed by atoms with Crippen LogP contribution in [0.5, 0.6) is 0 Å². The summed E-state index contributed by atoms with van der Waals surface area (Å²) < 4.78 is 0. The lowest BCUT2D eigenvalue weighted by atomic mass is 9.95. The molecular formula is C10H18N2O4. The van der Waals surface area contributed by atoms with E-state index >= 15 is 0 Å². The van der Waals surface area contributed by atoms with Gasteiger partial charge in [-0.15, -0.1) is 0 Å². The summed E-state index contributed by atoms with van der Waals surface area (Å²) in [6, 6.07) is 0. The first-order chi connectivity index (χ1) is 7.36. The maximum atomic E-state index is 11.4. The molecular weight excluding hydrogens is 212 g/mol. The predicted octanol–water partition coefficient (Wildman–Crippen LogP) is -0.404. The van der Waals surface area contributed by atoms with Gasteiger partial charge in [0.1, 0.15) is 0 Å². The number of hydrogen-bond donors (Lipinski definition) is 3. The molecule has 6 heteroatoms. The quantitative estimate of drug-likeness (QED) is 0.541. The third-order valence-electron chi connectivity index (χ3n) is 2.35. The fourth-order valence-corrected chi connectivity index (χ4v) is 1.03. The largest absolute Gasteiger partial charge is 0.481 e. The van der Waals surface area contributed by atoms with Crippen molar-refractivity contribution in [3.8, 4) is 0 Å². The summed E-state index contributed by atoms with van der Waals surface area (Å²) >= 11 is 0. The molecule has 0 spiro atoms. The molecule has 0 aliphatic heterocycles. The van der Waals surface area contributed by atoms with Crippen molar-refractivity contribution in [3.63, 3.8) is 0 Å². The molecule has 0 heterocycles. The second-order valence-corrected chi connectivity index (χ2v) is 3.69. The summed E-state index contributed by atoms with van der Waals surface area (Å²) in [6.07, 6.45) is 0. The van der Waals surface area contributed by atoms with Gasteiger partial charge in [-0.25, -0.2) is 0 Å². The molecule has 0 radical (unpaired) electrons. The van der Waals surface area contributed by atoms with Crippen molar-refractivity contribution in [2.45, 2.75) is 20.8 Å². The SMILES string of the molecule is CC(=O)NCCNC(=O)C(C)C(C)C(=O)O. The molecule has 0 aliphatic carbocycles. The van der Waals surface area contributed by atoms with E-state index in [2.05, 4.69) is 10.6 Å². The molecule has 16 heavy (non-hydrogen) atoms. The van der Waals surface area contributed by atoms with Gasteiger partial charge < -0.3 is 15.7 Å². The molecule has 0 aromatic rings. The molecule has 0 bridgehead atoms. The van der Waals surface area contributed by atoms with Gasteiger partial charge in [-0.05, 0) is 0 Å². The summed E-state index contributed by atoms with van der Waals surface area (Å²) in [5, 5.41) is 13.8. The molecule has 0 aliphatic rings. The second-order valence-electron chi connectivity index (χ2n) is 3.69. The lowest BCUT2D eigenvalue weighted by Crippen LogP contribution is -2.39. The van der Waals surface area contributed by atoms with Gasteiger partial charge in [-0.1, -0.05) is 13.8 Å². The molecule has 0 rings (SSSR count). The van der Waals surface area contributed by atoms with Crippen LogP contribution in [0.3, 0.4) is 0 Å². The van der Waals surface area contributed by atoms with E-state index in [4.69, 9.17) is 5.11 Å². The van der Waals surface area contributed by atoms with Crippen molar-refractivity contribution in [2.75, 3.05) is 13.1 Å². The minimum Gasteiger partial charge on any atom is -0.481 e. The maximum absolute atomic E-state index is 11.4. The van der Waals surface area contributed by atoms with Gasteiger partial charge in [0.05, 0.1) is 5.92 Å². The predicted molar refractivity (Wildman–Crippen MR) is 57.7 cm³/mol. The van der Waals surface area contributed by atoms with Crippen molar-refractivity contribution < 1.29 is 19.5 Å². The Kier molecular flexibility index (Phi) is 6.14. The third kappa shape index (κ3) is 5.33. The van der Waals surface area contributed by atoms with Crippen LogP contribution >= 0.6 is 0 Å². The fraction of sp³-hybridized carbons (Fsp3) is 0.700. The number of hydrogen-bond acceptors (Lipinski definition) is 3. The average Bonchev–Trinajstić information content (AvgIpc) is 2.21. The number of nitrogens with one attached hydrogen (secondary N) is 2. The Morgan fingerprint density at radius 2 is 1.56 bits per heavy atom. The van der Waals surface area contributed by atoms with Crippen LogP contribution in [0.2, 0.25) is 0 Å². The van der Waals surface area contributed by atoms with Crippen molar-refractivity contribution in [1.29, 1.82) is 0 Å². The van der Waals surface area contributed by atoms with Crippen LogP contribution in [-0.2, 0) is 14.4 Å². The van der Waals surface area contributed by atoms with Gasteiger partial charge in [-0.3, -0.25) is 14.4 Å². The van der Waals surface area contributed by atoms with Crippen molar-refractivity contribution >= 4 is 17.8 Å². The zero-order valence-electron chi connectivity index (χ0n) is 9.74. The summed E-state index contributed by atoms with van der Waals surface area (Å²) in [6.45, 7) is 5.08. The van der Waals surface area contributed by atoms with E-state index < -0.39 is 17.8 Å². The molecule has 6 nitrogen and oxygen atoms in total. The Balaban J connectivity index is 3.88. The monoisotopic (exact) mass is 230 g/mol. The number of carboxylic acid groups (broad SMARTS) is 1. The highest BCUT2D eigenvalue weighted by Gasteiger charge is 2.25. The molecule has 2 amide bonds. The van der Waals surface area contributed by atoms with E-state index in [1.54, 1.807) is 6.92 Å². The average molecular weight is 230 g/mol. The fourth-order valence-electron chi connectivity index (χ4n) is 1.03. The van der Waals surface area contributed by atoms with Gasteiger partial charge in [0, 0.05) is 25.9 Å². The van der Waals surface area contributed by atoms with Crippen molar-refractivity contribution in [2.24, 2.45) is 11.8 Å². The van der Waals surface area contributed by atoms with Crippen LogP contribution in [0.4, 0.5) is 0 Å². The highest BCUT2D eigenvalue weighted by Crippen LogP contribution is 2.10. The van der Waals surface area contributed by atoms with Crippen LogP contribution in [-0.4, -0.2) is 36.0 Å². The number of amides is 2. The van der Waals surface area contributed by atoms with E-state index in [0.717, 1.165) is 0 Å². The Morgan fingerprint density at radius 3 is 2.00 bits per heavy atom. The maximum Gasteiger partial charge on any atom is 0.307 e. The highest BCUT2D eigenvalue weighted by molar-refractivity contribution is 5.84. The van der Waals surface area contributed by atoms with Gasteiger partial charge in [0.25, 0.3) is 0 Å². The lowest BCUT2D eigenvalue weighted by Gasteiger charge is -2.15. The van der Waals surface area contributed by atoms with Crippen LogP contribution in [0.15, 0.2) is 0 Å². The summed E-state index contributed by atoms with van der Waals surface area (Å²) in [4.78, 5) is 32.6. The van der Waals surface area contributed by atoms with Crippen LogP contribution in [0.1, 0.15) is 20.8 Å². The molecule has 0 saturated heterocycles. The zero-order valence-corrected chi connectivity index (χ0v) is 9.74. The number of aliphatic carboxylic acids is 1. The van der Waals surface area contributed by atoms with E-state index in [1.807, 2.05) is 0 Å². The zero-order chi connectivity index (χ0) is 12.7. The van der Waals surface area contributed by atoms with Crippen LogP contribution in [0, 0.1) is 11.8 Å². The normalized spacial score (nSPS) is 13.7. The standard InChI is InChI=1S/C10H18N2O4/c1-6(7(2)10(15)16)9(14)12-5-4-11-8(3)13/h6-7H,4-5H2,1-3H3,(H,11,13)(H,12,14)(H,15,16).